The van der Waals surface area contributed by atoms with Crippen molar-refractivity contribution in [3.63, 3.8) is 0 Å². The van der Waals surface area contributed by atoms with E-state index in [4.69, 9.17) is 0 Å². The van der Waals surface area contributed by atoms with Crippen LogP contribution in [0, 0.1) is 0 Å². The average Bonchev–Trinajstić information content (AvgIpc) is 2.49. The maximum Gasteiger partial charge on any atom is 0.248 e. The molecule has 0 aromatic heterocycles. The minimum absolute atomic E-state index is 0.0207. The van der Waals surface area contributed by atoms with Gasteiger partial charge in [0.2, 0.25) is 5.92 Å². The summed E-state index contributed by atoms with van der Waals surface area (Å²) in [5.74, 6) is -2.50. The van der Waals surface area contributed by atoms with Crippen LogP contribution in [0.1, 0.15) is 43.7 Å². The number of nitrogens with one attached hydrogen (secondary N) is 1. The first-order valence-electron chi connectivity index (χ1n) is 8.21. The summed E-state index contributed by atoms with van der Waals surface area (Å²) in [6.07, 6.45) is 1.81. The zero-order chi connectivity index (χ0) is 17.3. The molecule has 1 aromatic carbocycles. The Morgan fingerprint density at radius 2 is 1.83 bits per heavy atom. The molecule has 1 aliphatic rings. The highest BCUT2D eigenvalue weighted by Gasteiger charge is 2.44. The van der Waals surface area contributed by atoms with Crippen molar-refractivity contribution in [1.29, 1.82) is 0 Å². The van der Waals surface area contributed by atoms with Gasteiger partial charge in [0.1, 0.15) is 0 Å². The van der Waals surface area contributed by atoms with Crippen molar-refractivity contribution in [3.8, 4) is 0 Å². The normalized spacial score (nSPS) is 19.6. The minimum atomic E-state index is -2.50. The van der Waals surface area contributed by atoms with Crippen LogP contribution in [0.3, 0.4) is 0 Å². The summed E-state index contributed by atoms with van der Waals surface area (Å²) < 4.78 is 27.2. The topological polar surface area (TPSA) is 15.3 Å². The lowest BCUT2D eigenvalue weighted by Gasteiger charge is -2.45. The van der Waals surface area contributed by atoms with Crippen LogP contribution in [-0.4, -0.2) is 37.5 Å². The molecule has 0 saturated heterocycles. The Morgan fingerprint density at radius 1 is 1.22 bits per heavy atom. The predicted molar refractivity (Wildman–Crippen MR) is 94.2 cm³/mol. The van der Waals surface area contributed by atoms with E-state index in [9.17, 15) is 8.78 Å². The van der Waals surface area contributed by atoms with E-state index in [0.29, 0.717) is 12.8 Å². The first-order chi connectivity index (χ1) is 10.7. The number of halogens is 2. The fourth-order valence-corrected chi connectivity index (χ4v) is 3.52. The molecule has 1 N–H and O–H groups in total. The number of nitrogens with zero attached hydrogens (tertiary/aromatic N) is 1. The largest absolute Gasteiger partial charge is 0.388 e. The zero-order valence-electron chi connectivity index (χ0n) is 14.7. The fraction of sp³-hybridized carbons (Fsp3) is 0.579. The second-order valence-electron chi connectivity index (χ2n) is 7.06. The molecular weight excluding hydrogens is 294 g/mol. The van der Waals surface area contributed by atoms with Crippen LogP contribution in [0.15, 0.2) is 24.8 Å². The highest BCUT2D eigenvalue weighted by atomic mass is 19.3. The van der Waals surface area contributed by atoms with Crippen LogP contribution < -0.4 is 5.32 Å². The number of likely N-dealkylation sites (N-methyl/N-ethyl adjacent to an activating group) is 1. The number of allylic oxidation sites excluding steroid dienone is 1. The third-order valence-corrected chi connectivity index (χ3v) is 5.21. The lowest BCUT2D eigenvalue weighted by molar-refractivity contribution is -0.0737. The van der Waals surface area contributed by atoms with Gasteiger partial charge < -0.3 is 10.2 Å². The van der Waals surface area contributed by atoms with Crippen molar-refractivity contribution in [2.75, 3.05) is 26.5 Å². The van der Waals surface area contributed by atoms with Gasteiger partial charge in [0.25, 0.3) is 0 Å². The van der Waals surface area contributed by atoms with E-state index in [1.54, 1.807) is 0 Å². The van der Waals surface area contributed by atoms with Gasteiger partial charge in [0.05, 0.1) is 0 Å². The first kappa shape index (κ1) is 17.9. The fourth-order valence-electron chi connectivity index (χ4n) is 3.52. The maximum absolute atomic E-state index is 13.6. The second kappa shape index (κ2) is 6.60. The molecule has 23 heavy (non-hydrogen) atoms. The zero-order valence-corrected chi connectivity index (χ0v) is 14.7. The standard InChI is InChI=1S/C19H28F2N2/c1-14(2)16-12-15(6-7-17(16)22-3)13-18(23(4)5)8-10-19(20,21)11-9-18/h6-7,12,22H,1,8-11,13H2,2-5H3. The van der Waals surface area contributed by atoms with Crippen LogP contribution in [0.25, 0.3) is 5.57 Å². The molecule has 1 aromatic rings. The molecule has 1 aliphatic carbocycles. The van der Waals surface area contributed by atoms with E-state index in [-0.39, 0.29) is 18.4 Å². The number of hydrogen-bond acceptors (Lipinski definition) is 2. The lowest BCUT2D eigenvalue weighted by atomic mass is 9.75. The highest BCUT2D eigenvalue weighted by molar-refractivity contribution is 5.74. The summed E-state index contributed by atoms with van der Waals surface area (Å²) in [4.78, 5) is 2.13. The van der Waals surface area contributed by atoms with Crippen LogP contribution in [0.5, 0.6) is 0 Å². The molecule has 4 heteroatoms. The number of benzene rings is 1. The van der Waals surface area contributed by atoms with Crippen molar-refractivity contribution in [2.24, 2.45) is 0 Å². The summed E-state index contributed by atoms with van der Waals surface area (Å²) >= 11 is 0. The third-order valence-electron chi connectivity index (χ3n) is 5.21. The van der Waals surface area contributed by atoms with Gasteiger partial charge in [-0.3, -0.25) is 0 Å². The quantitative estimate of drug-likeness (QED) is 0.836. The molecule has 0 amide bonds. The summed E-state index contributed by atoms with van der Waals surface area (Å²) in [6, 6.07) is 6.29. The van der Waals surface area contributed by atoms with Crippen LogP contribution >= 0.6 is 0 Å². The molecule has 0 atom stereocenters. The molecule has 0 heterocycles. The molecular formula is C19H28F2N2. The van der Waals surface area contributed by atoms with Gasteiger partial charge in [-0.1, -0.05) is 12.6 Å². The number of rotatable bonds is 5. The highest BCUT2D eigenvalue weighted by Crippen LogP contribution is 2.42. The van der Waals surface area contributed by atoms with E-state index < -0.39 is 5.92 Å². The molecule has 0 bridgehead atoms. The summed E-state index contributed by atoms with van der Waals surface area (Å²) in [5.41, 5.74) is 4.15. The van der Waals surface area contributed by atoms with E-state index in [1.807, 2.05) is 28.1 Å². The van der Waals surface area contributed by atoms with Gasteiger partial charge in [-0.15, -0.1) is 0 Å². The molecule has 1 fully saturated rings. The molecule has 0 unspecified atom stereocenters. The van der Waals surface area contributed by atoms with Crippen LogP contribution in [-0.2, 0) is 6.42 Å². The minimum Gasteiger partial charge on any atom is -0.388 e. The monoisotopic (exact) mass is 322 g/mol. The van der Waals surface area contributed by atoms with Crippen molar-refractivity contribution in [2.45, 2.75) is 50.5 Å². The van der Waals surface area contributed by atoms with E-state index in [2.05, 4.69) is 35.0 Å². The van der Waals surface area contributed by atoms with Crippen molar-refractivity contribution < 1.29 is 8.78 Å². The molecule has 0 spiro atoms. The number of alkyl halides is 2. The van der Waals surface area contributed by atoms with E-state index >= 15 is 0 Å². The average molecular weight is 322 g/mol. The van der Waals surface area contributed by atoms with Gasteiger partial charge >= 0.3 is 0 Å². The first-order valence-corrected chi connectivity index (χ1v) is 8.21. The predicted octanol–water partition coefficient (Wildman–Crippen LogP) is 4.81. The molecule has 0 aliphatic heterocycles. The second-order valence-corrected chi connectivity index (χ2v) is 7.06. The van der Waals surface area contributed by atoms with Gasteiger partial charge in [0.15, 0.2) is 0 Å². The van der Waals surface area contributed by atoms with E-state index in [0.717, 1.165) is 23.2 Å². The molecule has 0 radical (unpaired) electrons. The summed E-state index contributed by atoms with van der Waals surface area (Å²) in [5, 5.41) is 3.18. The smallest absolute Gasteiger partial charge is 0.248 e. The Hall–Kier alpha value is -1.42. The number of anilines is 1. The molecule has 2 rings (SSSR count). The Morgan fingerprint density at radius 3 is 2.30 bits per heavy atom. The van der Waals surface area contributed by atoms with Gasteiger partial charge in [0, 0.05) is 36.7 Å². The van der Waals surface area contributed by atoms with Gasteiger partial charge in [-0.2, -0.15) is 0 Å². The number of hydrogen-bond donors (Lipinski definition) is 1. The SMILES string of the molecule is C=C(C)c1cc(CC2(N(C)C)CCC(F)(F)CC2)ccc1NC. The van der Waals surface area contributed by atoms with Gasteiger partial charge in [-0.25, -0.2) is 8.78 Å². The Bertz CT molecular complexity index is 569. The Kier molecular flexibility index (Phi) is 5.14. The van der Waals surface area contributed by atoms with Crippen molar-refractivity contribution in [1.82, 2.24) is 4.90 Å². The van der Waals surface area contributed by atoms with Crippen LogP contribution in [0.4, 0.5) is 14.5 Å². The van der Waals surface area contributed by atoms with Crippen molar-refractivity contribution >= 4 is 11.3 Å². The third kappa shape index (κ3) is 3.92. The summed E-state index contributed by atoms with van der Waals surface area (Å²) in [6.45, 7) is 6.03. The summed E-state index contributed by atoms with van der Waals surface area (Å²) in [7, 11) is 5.90. The maximum atomic E-state index is 13.6. The van der Waals surface area contributed by atoms with E-state index in [1.165, 1.54) is 5.56 Å². The van der Waals surface area contributed by atoms with Crippen molar-refractivity contribution in [3.05, 3.63) is 35.9 Å². The van der Waals surface area contributed by atoms with Crippen LogP contribution in [0.2, 0.25) is 0 Å². The molecule has 2 nitrogen and oxygen atoms in total. The lowest BCUT2D eigenvalue weighted by Crippen LogP contribution is -2.50. The Labute approximate surface area is 138 Å². The molecule has 1 saturated carbocycles. The Balaban J connectivity index is 2.28. The van der Waals surface area contributed by atoms with Gasteiger partial charge in [-0.05, 0) is 63.6 Å². The molecule has 128 valence electrons.